The van der Waals surface area contributed by atoms with Crippen molar-refractivity contribution in [3.05, 3.63) is 23.8 Å². The third-order valence-electron chi connectivity index (χ3n) is 6.01. The van der Waals surface area contributed by atoms with Crippen molar-refractivity contribution in [2.75, 3.05) is 50.8 Å². The Balaban J connectivity index is 1.47. The fraction of sp³-hybridized carbons (Fsp3) is 0.619. The Kier molecular flexibility index (Phi) is 6.59. The molecule has 0 aliphatic carbocycles. The van der Waals surface area contributed by atoms with Crippen molar-refractivity contribution in [3.63, 3.8) is 0 Å². The third-order valence-corrected chi connectivity index (χ3v) is 6.01. The Hall–Kier alpha value is -2.37. The summed E-state index contributed by atoms with van der Waals surface area (Å²) >= 11 is 0. The number of hydrogen-bond donors (Lipinski definition) is 0. The van der Waals surface area contributed by atoms with Crippen LogP contribution in [0.2, 0.25) is 0 Å². The molecule has 0 unspecified atom stereocenters. The average Bonchev–Trinajstić information content (AvgIpc) is 3.07. The molecule has 176 valence electrons. The van der Waals surface area contributed by atoms with Crippen LogP contribution in [0.1, 0.15) is 25.3 Å². The lowest BCUT2D eigenvalue weighted by molar-refractivity contribution is -0.275. The predicted octanol–water partition coefficient (Wildman–Crippen LogP) is 1.99. The lowest BCUT2D eigenvalue weighted by Crippen LogP contribution is -2.59. The van der Waals surface area contributed by atoms with Gasteiger partial charge in [-0.2, -0.15) is 0 Å². The molecule has 0 radical (unpaired) electrons. The maximum atomic E-state index is 13.1. The number of anilines is 1. The number of imide groups is 1. The van der Waals surface area contributed by atoms with Gasteiger partial charge >= 0.3 is 6.36 Å². The van der Waals surface area contributed by atoms with Crippen molar-refractivity contribution < 1.29 is 32.2 Å². The summed E-state index contributed by atoms with van der Waals surface area (Å²) < 4.78 is 48.9. The first-order valence-electron chi connectivity index (χ1n) is 10.8. The molecule has 0 N–H and O–H groups in total. The number of halogens is 3. The maximum Gasteiger partial charge on any atom is 0.573 e. The molecule has 3 aliphatic heterocycles. The topological polar surface area (TPSA) is 65.6 Å². The minimum absolute atomic E-state index is 0.130. The van der Waals surface area contributed by atoms with Crippen LogP contribution >= 0.6 is 0 Å². The monoisotopic (exact) mass is 456 g/mol. The molecule has 3 aliphatic rings. The number of piperazine rings is 1. The molecule has 0 bridgehead atoms. The van der Waals surface area contributed by atoms with Gasteiger partial charge in [-0.05, 0) is 13.0 Å². The minimum atomic E-state index is -4.79. The average molecular weight is 456 g/mol. The summed E-state index contributed by atoms with van der Waals surface area (Å²) in [4.78, 5) is 28.1. The molecule has 32 heavy (non-hydrogen) atoms. The number of alkyl halides is 3. The van der Waals surface area contributed by atoms with Crippen molar-refractivity contribution >= 4 is 17.5 Å². The Morgan fingerprint density at radius 3 is 2.38 bits per heavy atom. The summed E-state index contributed by atoms with van der Waals surface area (Å²) in [6, 6.07) is 4.80. The molecule has 3 heterocycles. The van der Waals surface area contributed by atoms with Crippen LogP contribution in [0.4, 0.5) is 18.9 Å². The van der Waals surface area contributed by atoms with Gasteiger partial charge in [-0.15, -0.1) is 13.2 Å². The van der Waals surface area contributed by atoms with Crippen LogP contribution in [-0.2, 0) is 20.9 Å². The van der Waals surface area contributed by atoms with Gasteiger partial charge in [0, 0.05) is 75.5 Å². The molecule has 0 saturated carbocycles. The lowest BCUT2D eigenvalue weighted by Gasteiger charge is -2.43. The Bertz CT molecular complexity index is 844. The molecule has 1 atom stereocenters. The first-order valence-corrected chi connectivity index (χ1v) is 10.8. The molecule has 1 aromatic rings. The molecular formula is C21H27F3N4O4. The van der Waals surface area contributed by atoms with Gasteiger partial charge < -0.3 is 14.4 Å². The molecule has 11 heteroatoms. The number of benzene rings is 1. The lowest BCUT2D eigenvalue weighted by atomic mass is 10.1. The van der Waals surface area contributed by atoms with Gasteiger partial charge in [-0.25, -0.2) is 10.0 Å². The number of rotatable bonds is 5. The van der Waals surface area contributed by atoms with E-state index >= 15 is 0 Å². The van der Waals surface area contributed by atoms with E-state index in [-0.39, 0.29) is 43.0 Å². The molecule has 4 rings (SSSR count). The van der Waals surface area contributed by atoms with Gasteiger partial charge in [-0.1, -0.05) is 6.07 Å². The molecule has 1 aromatic carbocycles. The molecular weight excluding hydrogens is 429 g/mol. The van der Waals surface area contributed by atoms with Crippen LogP contribution in [0.5, 0.6) is 5.75 Å². The molecule has 8 nitrogen and oxygen atoms in total. The number of hydrogen-bond acceptors (Lipinski definition) is 7. The zero-order valence-electron chi connectivity index (χ0n) is 17.9. The zero-order chi connectivity index (χ0) is 22.9. The third kappa shape index (κ3) is 5.16. The van der Waals surface area contributed by atoms with Gasteiger partial charge in [0.2, 0.25) is 11.8 Å². The van der Waals surface area contributed by atoms with E-state index in [0.29, 0.717) is 57.2 Å². The Morgan fingerprint density at radius 1 is 1.06 bits per heavy atom. The quantitative estimate of drug-likeness (QED) is 0.628. The number of ether oxygens (including phenoxy) is 2. The van der Waals surface area contributed by atoms with Gasteiger partial charge in [-0.3, -0.25) is 14.5 Å². The number of carbonyl (C=O) groups is 2. The summed E-state index contributed by atoms with van der Waals surface area (Å²) in [5.41, 5.74) is 1.11. The summed E-state index contributed by atoms with van der Waals surface area (Å²) in [6.45, 7) is 5.92. The van der Waals surface area contributed by atoms with Crippen LogP contribution in [0, 0.1) is 0 Å². The summed E-state index contributed by atoms with van der Waals surface area (Å²) in [6.07, 6.45) is -4.35. The van der Waals surface area contributed by atoms with Crippen LogP contribution in [0.15, 0.2) is 18.2 Å². The molecule has 0 aromatic heterocycles. The second-order valence-electron chi connectivity index (χ2n) is 8.29. The van der Waals surface area contributed by atoms with Crippen molar-refractivity contribution in [3.8, 4) is 5.75 Å². The van der Waals surface area contributed by atoms with E-state index in [9.17, 15) is 22.8 Å². The fourth-order valence-corrected chi connectivity index (χ4v) is 4.47. The zero-order valence-corrected chi connectivity index (χ0v) is 17.9. The van der Waals surface area contributed by atoms with E-state index in [1.54, 1.807) is 11.1 Å². The second kappa shape index (κ2) is 9.24. The van der Waals surface area contributed by atoms with Crippen LogP contribution in [-0.4, -0.2) is 85.1 Å². The first-order chi connectivity index (χ1) is 15.2. The fourth-order valence-electron chi connectivity index (χ4n) is 4.47. The summed E-state index contributed by atoms with van der Waals surface area (Å²) in [5.74, 6) is -0.605. The Labute approximate surface area is 184 Å². The molecule has 3 fully saturated rings. The second-order valence-corrected chi connectivity index (χ2v) is 8.29. The highest BCUT2D eigenvalue weighted by Crippen LogP contribution is 2.32. The predicted molar refractivity (Wildman–Crippen MR) is 109 cm³/mol. The van der Waals surface area contributed by atoms with Crippen LogP contribution in [0.25, 0.3) is 0 Å². The van der Waals surface area contributed by atoms with Gasteiger partial charge in [0.25, 0.3) is 0 Å². The van der Waals surface area contributed by atoms with E-state index in [0.717, 1.165) is 0 Å². The number of nitrogens with zero attached hydrogens (tertiary/aromatic N) is 4. The van der Waals surface area contributed by atoms with Crippen molar-refractivity contribution in [1.29, 1.82) is 0 Å². The maximum absolute atomic E-state index is 13.1. The Morgan fingerprint density at radius 2 is 1.75 bits per heavy atom. The van der Waals surface area contributed by atoms with Crippen LogP contribution in [0.3, 0.4) is 0 Å². The highest BCUT2D eigenvalue weighted by atomic mass is 19.4. The number of amides is 2. The van der Waals surface area contributed by atoms with E-state index < -0.39 is 6.36 Å². The first kappa shape index (κ1) is 22.8. The van der Waals surface area contributed by atoms with E-state index in [1.165, 1.54) is 11.1 Å². The van der Waals surface area contributed by atoms with Gasteiger partial charge in [0.05, 0.1) is 13.2 Å². The molecule has 3 saturated heterocycles. The summed E-state index contributed by atoms with van der Waals surface area (Å²) in [5, 5.41) is 3.00. The SMILES string of the molecule is C[C@@H]1CN(Cc2ccc(N3CCOCC3)cc2OC(F)(F)F)CCN1N1C(=O)CCC1=O. The van der Waals surface area contributed by atoms with Crippen molar-refractivity contribution in [1.82, 2.24) is 14.9 Å². The number of carbonyl (C=O) groups excluding carboxylic acids is 2. The largest absolute Gasteiger partial charge is 0.573 e. The van der Waals surface area contributed by atoms with Gasteiger partial charge in [0.15, 0.2) is 0 Å². The smallest absolute Gasteiger partial charge is 0.405 e. The van der Waals surface area contributed by atoms with E-state index in [2.05, 4.69) is 4.74 Å². The van der Waals surface area contributed by atoms with Crippen molar-refractivity contribution in [2.24, 2.45) is 0 Å². The standard InChI is InChI=1S/C21H27F3N4O4/c1-15-13-25(6-7-27(15)28-19(29)4-5-20(28)30)14-16-2-3-17(26-8-10-31-11-9-26)12-18(16)32-21(22,23)24/h2-3,12,15H,4-11,13-14H2,1H3/t15-/m1/s1. The molecule has 0 spiro atoms. The van der Waals surface area contributed by atoms with E-state index in [4.69, 9.17) is 4.74 Å². The van der Waals surface area contributed by atoms with Crippen molar-refractivity contribution in [2.45, 2.75) is 38.7 Å². The number of morpholine rings is 1. The van der Waals surface area contributed by atoms with Crippen LogP contribution < -0.4 is 9.64 Å². The van der Waals surface area contributed by atoms with Gasteiger partial charge in [0.1, 0.15) is 5.75 Å². The summed E-state index contributed by atoms with van der Waals surface area (Å²) in [7, 11) is 0. The molecule has 2 amide bonds. The van der Waals surface area contributed by atoms with E-state index in [1.807, 2.05) is 22.8 Å². The normalized spacial score (nSPS) is 23.8. The number of hydrazine groups is 1. The highest BCUT2D eigenvalue weighted by molar-refractivity contribution is 6.01. The highest BCUT2D eigenvalue weighted by Gasteiger charge is 2.39. The minimum Gasteiger partial charge on any atom is -0.405 e.